The first-order chi connectivity index (χ1) is 17.7. The molecule has 1 N–H and O–H groups in total. The van der Waals surface area contributed by atoms with Crippen molar-refractivity contribution in [2.75, 3.05) is 6.61 Å². The van der Waals surface area contributed by atoms with E-state index in [1.165, 1.54) is 22.5 Å². The highest BCUT2D eigenvalue weighted by Crippen LogP contribution is 2.43. The zero-order valence-electron chi connectivity index (χ0n) is 20.6. The van der Waals surface area contributed by atoms with Crippen LogP contribution in [0.3, 0.4) is 0 Å². The maximum absolute atomic E-state index is 12.9. The van der Waals surface area contributed by atoms with Gasteiger partial charge in [-0.2, -0.15) is 0 Å². The Kier molecular flexibility index (Phi) is 7.99. The molecule has 0 aliphatic carbocycles. The maximum atomic E-state index is 12.9. The third kappa shape index (κ3) is 6.22. The summed E-state index contributed by atoms with van der Waals surface area (Å²) < 4.78 is 12.8. The first-order valence-corrected chi connectivity index (χ1v) is 12.6. The lowest BCUT2D eigenvalue weighted by molar-refractivity contribution is 0.0204. The van der Waals surface area contributed by atoms with Crippen molar-refractivity contribution in [3.05, 3.63) is 103 Å². The normalized spacial score (nSPS) is 18.5. The molecule has 37 heavy (non-hydrogen) atoms. The van der Waals surface area contributed by atoms with Crippen molar-refractivity contribution in [1.29, 1.82) is 0 Å². The number of aromatic nitrogens is 2. The van der Waals surface area contributed by atoms with E-state index >= 15 is 0 Å². The van der Waals surface area contributed by atoms with Gasteiger partial charge in [0, 0.05) is 12.6 Å². The maximum Gasteiger partial charge on any atom is 0.338 e. The standard InChI is InChI=1S/C28H26N2O6S/c1-4-5-21-15-30(28(34)29-25(21)31)24-14-22(36-27(33)20-12-8-18(3)9-13-20)23(37-24)16-35-26(32)19-10-6-17(2)7-11-19/h6-13,15,22-24H,14,16H2,1-3H3,(H,29,31,34)/t22-,23+,24-/m0/s1. The van der Waals surface area contributed by atoms with Gasteiger partial charge < -0.3 is 9.47 Å². The fraction of sp³-hybridized carbons (Fsp3) is 0.286. The van der Waals surface area contributed by atoms with Crippen LogP contribution in [0.25, 0.3) is 0 Å². The van der Waals surface area contributed by atoms with Crippen molar-refractivity contribution < 1.29 is 19.1 Å². The summed E-state index contributed by atoms with van der Waals surface area (Å²) in [5, 5.41) is -0.908. The minimum Gasteiger partial charge on any atom is -0.461 e. The van der Waals surface area contributed by atoms with Gasteiger partial charge in [-0.3, -0.25) is 14.3 Å². The Morgan fingerprint density at radius 1 is 1.00 bits per heavy atom. The molecule has 0 spiro atoms. The molecular formula is C28H26N2O6S. The van der Waals surface area contributed by atoms with Crippen molar-refractivity contribution in [2.24, 2.45) is 0 Å². The number of hydrogen-bond donors (Lipinski definition) is 1. The van der Waals surface area contributed by atoms with Gasteiger partial charge in [-0.1, -0.05) is 41.3 Å². The van der Waals surface area contributed by atoms with E-state index in [1.54, 1.807) is 31.2 Å². The number of rotatable bonds is 6. The first-order valence-electron chi connectivity index (χ1n) is 11.7. The molecule has 0 saturated carbocycles. The number of carbonyl (C=O) groups is 2. The third-order valence-electron chi connectivity index (χ3n) is 5.93. The number of nitrogens with zero attached hydrogens (tertiary/aromatic N) is 1. The molecule has 8 nitrogen and oxygen atoms in total. The Balaban J connectivity index is 1.56. The van der Waals surface area contributed by atoms with Crippen molar-refractivity contribution in [2.45, 2.75) is 43.9 Å². The topological polar surface area (TPSA) is 107 Å². The molecule has 0 amide bonds. The first kappa shape index (κ1) is 26.0. The lowest BCUT2D eigenvalue weighted by Crippen LogP contribution is -2.32. The molecule has 2 aromatic carbocycles. The number of H-pyrrole nitrogens is 1. The number of aryl methyl sites for hydroxylation is 2. The number of thioether (sulfide) groups is 1. The van der Waals surface area contributed by atoms with Crippen LogP contribution in [-0.4, -0.2) is 39.5 Å². The predicted molar refractivity (Wildman–Crippen MR) is 141 cm³/mol. The average Bonchev–Trinajstić information content (AvgIpc) is 3.27. The van der Waals surface area contributed by atoms with Crippen LogP contribution in [0.5, 0.6) is 0 Å². The molecule has 2 heterocycles. The van der Waals surface area contributed by atoms with Gasteiger partial charge in [0.25, 0.3) is 5.56 Å². The van der Waals surface area contributed by atoms with Crippen LogP contribution in [0, 0.1) is 25.7 Å². The average molecular weight is 519 g/mol. The number of ether oxygens (including phenoxy) is 2. The van der Waals surface area contributed by atoms with Gasteiger partial charge in [0.15, 0.2) is 0 Å². The number of hydrogen-bond acceptors (Lipinski definition) is 7. The Hall–Kier alpha value is -4.03. The van der Waals surface area contributed by atoms with Crippen molar-refractivity contribution in [1.82, 2.24) is 9.55 Å². The van der Waals surface area contributed by atoms with Crippen LogP contribution in [0.15, 0.2) is 64.3 Å². The molecule has 1 aromatic heterocycles. The Bertz CT molecular complexity index is 1480. The highest BCUT2D eigenvalue weighted by Gasteiger charge is 2.40. The van der Waals surface area contributed by atoms with Crippen LogP contribution in [0.4, 0.5) is 0 Å². The van der Waals surface area contributed by atoms with Crippen molar-refractivity contribution >= 4 is 23.7 Å². The number of esters is 2. The van der Waals surface area contributed by atoms with Gasteiger partial charge in [-0.15, -0.1) is 17.7 Å². The highest BCUT2D eigenvalue weighted by molar-refractivity contribution is 8.00. The van der Waals surface area contributed by atoms with Crippen LogP contribution in [0.2, 0.25) is 0 Å². The number of nitrogens with one attached hydrogen (secondary N) is 1. The molecule has 3 aromatic rings. The molecular weight excluding hydrogens is 492 g/mol. The molecule has 3 atom stereocenters. The second kappa shape index (κ2) is 11.4. The summed E-state index contributed by atoms with van der Waals surface area (Å²) in [5.41, 5.74) is 1.85. The highest BCUT2D eigenvalue weighted by atomic mass is 32.2. The lowest BCUT2D eigenvalue weighted by Gasteiger charge is -2.19. The molecule has 1 fully saturated rings. The largest absolute Gasteiger partial charge is 0.461 e. The fourth-order valence-corrected chi connectivity index (χ4v) is 5.37. The summed E-state index contributed by atoms with van der Waals surface area (Å²) in [6, 6.07) is 14.0. The Morgan fingerprint density at radius 2 is 1.59 bits per heavy atom. The molecule has 1 saturated heterocycles. The molecule has 1 aliphatic heterocycles. The monoisotopic (exact) mass is 518 g/mol. The van der Waals surface area contributed by atoms with Crippen LogP contribution in [-0.2, 0) is 9.47 Å². The van der Waals surface area contributed by atoms with Crippen molar-refractivity contribution in [3.8, 4) is 11.8 Å². The Morgan fingerprint density at radius 3 is 2.19 bits per heavy atom. The van der Waals surface area contributed by atoms with Crippen LogP contribution < -0.4 is 11.2 Å². The van der Waals surface area contributed by atoms with E-state index < -0.39 is 39.9 Å². The molecule has 0 radical (unpaired) electrons. The summed E-state index contributed by atoms with van der Waals surface area (Å²) in [6.45, 7) is 5.41. The van der Waals surface area contributed by atoms with Gasteiger partial charge >= 0.3 is 17.6 Å². The lowest BCUT2D eigenvalue weighted by atomic mass is 10.1. The summed E-state index contributed by atoms with van der Waals surface area (Å²) >= 11 is 1.34. The predicted octanol–water partition coefficient (Wildman–Crippen LogP) is 3.61. The summed E-state index contributed by atoms with van der Waals surface area (Å²) in [5.74, 6) is 4.35. The third-order valence-corrected chi connectivity index (χ3v) is 7.45. The van der Waals surface area contributed by atoms with Gasteiger partial charge in [0.05, 0.1) is 21.8 Å². The second-order valence-corrected chi connectivity index (χ2v) is 10.1. The van der Waals surface area contributed by atoms with Crippen molar-refractivity contribution in [3.63, 3.8) is 0 Å². The minimum absolute atomic E-state index is 0.0283. The molecule has 1 aliphatic rings. The van der Waals surface area contributed by atoms with E-state index in [2.05, 4.69) is 16.8 Å². The molecule has 0 unspecified atom stereocenters. The van der Waals surface area contributed by atoms with Gasteiger partial charge in [-0.25, -0.2) is 14.4 Å². The quantitative estimate of drug-likeness (QED) is 0.392. The van der Waals surface area contributed by atoms with Crippen LogP contribution >= 0.6 is 11.8 Å². The second-order valence-electron chi connectivity index (χ2n) is 8.72. The SMILES string of the molecule is CC#Cc1cn([C@@H]2C[C@H](OC(=O)c3ccc(C)cc3)[C@@H](COC(=O)c3ccc(C)cc3)S2)c(=O)[nH]c1=O. The number of aromatic amines is 1. The fourth-order valence-electron chi connectivity index (χ4n) is 3.89. The summed E-state index contributed by atoms with van der Waals surface area (Å²) in [6.07, 6.45) is 1.05. The van der Waals surface area contributed by atoms with E-state index in [0.717, 1.165) is 11.1 Å². The number of benzene rings is 2. The minimum atomic E-state index is -0.644. The molecule has 4 rings (SSSR count). The van der Waals surface area contributed by atoms with E-state index in [9.17, 15) is 19.2 Å². The molecule has 9 heteroatoms. The van der Waals surface area contributed by atoms with Gasteiger partial charge in [-0.05, 0) is 45.0 Å². The van der Waals surface area contributed by atoms with Gasteiger partial charge in [0.1, 0.15) is 18.3 Å². The Labute approximate surface area is 218 Å². The van der Waals surface area contributed by atoms with E-state index in [4.69, 9.17) is 9.47 Å². The van der Waals surface area contributed by atoms with Crippen LogP contribution in [0.1, 0.15) is 56.1 Å². The summed E-state index contributed by atoms with van der Waals surface area (Å²) in [7, 11) is 0. The zero-order chi connectivity index (χ0) is 26.5. The molecule has 190 valence electrons. The van der Waals surface area contributed by atoms with E-state index in [-0.39, 0.29) is 18.6 Å². The summed E-state index contributed by atoms with van der Waals surface area (Å²) in [4.78, 5) is 52.4. The number of carbonyl (C=O) groups excluding carboxylic acids is 2. The zero-order valence-corrected chi connectivity index (χ0v) is 21.5. The van der Waals surface area contributed by atoms with E-state index in [0.29, 0.717) is 11.1 Å². The molecule has 0 bridgehead atoms. The smallest absolute Gasteiger partial charge is 0.338 e. The van der Waals surface area contributed by atoms with E-state index in [1.807, 2.05) is 38.1 Å². The van der Waals surface area contributed by atoms with Gasteiger partial charge in [0.2, 0.25) is 0 Å².